The smallest absolute Gasteiger partial charge is 0.225 e. The molecule has 0 aromatic heterocycles. The van der Waals surface area contributed by atoms with Gasteiger partial charge in [0, 0.05) is 19.0 Å². The number of nitrogen functional groups attached to an aromatic ring is 1. The van der Waals surface area contributed by atoms with Gasteiger partial charge in [-0.25, -0.2) is 0 Å². The lowest BCUT2D eigenvalue weighted by atomic mass is 10.2. The first-order chi connectivity index (χ1) is 8.54. The van der Waals surface area contributed by atoms with Crippen molar-refractivity contribution in [3.63, 3.8) is 0 Å². The van der Waals surface area contributed by atoms with Crippen LogP contribution < -0.4 is 11.1 Å². The van der Waals surface area contributed by atoms with E-state index in [9.17, 15) is 4.79 Å². The number of carbonyl (C=O) groups excluding carboxylic acids is 1. The van der Waals surface area contributed by atoms with E-state index in [0.29, 0.717) is 23.8 Å². The molecule has 0 bridgehead atoms. The number of carbonyl (C=O) groups is 1. The average Bonchev–Trinajstić information content (AvgIpc) is 2.32. The molecule has 0 spiro atoms. The Morgan fingerprint density at radius 2 is 2.06 bits per heavy atom. The van der Waals surface area contributed by atoms with E-state index in [1.54, 1.807) is 6.07 Å². The van der Waals surface area contributed by atoms with Crippen molar-refractivity contribution in [2.24, 2.45) is 0 Å². The van der Waals surface area contributed by atoms with Gasteiger partial charge < -0.3 is 16.0 Å². The highest BCUT2D eigenvalue weighted by Gasteiger charge is 2.10. The maximum absolute atomic E-state index is 11.8. The molecule has 1 aromatic carbocycles. The number of nitrogens with one attached hydrogen (secondary N) is 1. The van der Waals surface area contributed by atoms with Crippen molar-refractivity contribution in [2.45, 2.75) is 33.2 Å². The Bertz CT molecular complexity index is 390. The van der Waals surface area contributed by atoms with Crippen LogP contribution in [-0.2, 0) is 4.79 Å². The lowest BCUT2D eigenvalue weighted by Crippen LogP contribution is -2.33. The second-order valence-corrected chi connectivity index (χ2v) is 4.61. The summed E-state index contributed by atoms with van der Waals surface area (Å²) in [4.78, 5) is 14.1. The SMILES string of the molecule is CCN(CCC(=O)Nc1ccccc1N)C(C)C. The normalized spacial score (nSPS) is 10.9. The molecule has 0 aliphatic carbocycles. The molecule has 4 nitrogen and oxygen atoms in total. The first-order valence-electron chi connectivity index (χ1n) is 6.43. The molecule has 0 radical (unpaired) electrons. The average molecular weight is 249 g/mol. The van der Waals surface area contributed by atoms with E-state index in [4.69, 9.17) is 5.73 Å². The predicted octanol–water partition coefficient (Wildman–Crippen LogP) is 2.33. The van der Waals surface area contributed by atoms with Crippen LogP contribution in [-0.4, -0.2) is 29.9 Å². The zero-order chi connectivity index (χ0) is 13.5. The van der Waals surface area contributed by atoms with Gasteiger partial charge in [-0.1, -0.05) is 19.1 Å². The third-order valence-electron chi connectivity index (χ3n) is 3.00. The molecule has 3 N–H and O–H groups in total. The molecular formula is C14H23N3O. The summed E-state index contributed by atoms with van der Waals surface area (Å²) in [5.41, 5.74) is 7.06. The number of amides is 1. The van der Waals surface area contributed by atoms with E-state index in [-0.39, 0.29) is 5.91 Å². The first kappa shape index (κ1) is 14.5. The molecule has 0 fully saturated rings. The molecule has 0 aliphatic rings. The van der Waals surface area contributed by atoms with Crippen LogP contribution in [0.1, 0.15) is 27.2 Å². The summed E-state index contributed by atoms with van der Waals surface area (Å²) in [5.74, 6) is 0.00648. The van der Waals surface area contributed by atoms with E-state index in [1.165, 1.54) is 0 Å². The molecule has 0 atom stereocenters. The van der Waals surface area contributed by atoms with E-state index < -0.39 is 0 Å². The highest BCUT2D eigenvalue weighted by atomic mass is 16.1. The zero-order valence-electron chi connectivity index (χ0n) is 11.4. The second-order valence-electron chi connectivity index (χ2n) is 4.61. The number of nitrogens with two attached hydrogens (primary N) is 1. The Labute approximate surface area is 109 Å². The van der Waals surface area contributed by atoms with Gasteiger partial charge in [0.2, 0.25) is 5.91 Å². The highest BCUT2D eigenvalue weighted by Crippen LogP contribution is 2.16. The van der Waals surface area contributed by atoms with Gasteiger partial charge in [0.05, 0.1) is 11.4 Å². The van der Waals surface area contributed by atoms with Crippen molar-refractivity contribution >= 4 is 17.3 Å². The number of benzene rings is 1. The summed E-state index contributed by atoms with van der Waals surface area (Å²) in [7, 11) is 0. The Kier molecular flexibility index (Phi) is 5.65. The molecule has 1 amide bonds. The number of para-hydroxylation sites is 2. The van der Waals surface area contributed by atoms with Crippen LogP contribution in [0.2, 0.25) is 0 Å². The molecular weight excluding hydrogens is 226 g/mol. The fraction of sp³-hybridized carbons (Fsp3) is 0.500. The van der Waals surface area contributed by atoms with Crippen LogP contribution >= 0.6 is 0 Å². The summed E-state index contributed by atoms with van der Waals surface area (Å²) in [5, 5.41) is 2.84. The Hall–Kier alpha value is -1.55. The molecule has 0 heterocycles. The van der Waals surface area contributed by atoms with Crippen molar-refractivity contribution in [3.8, 4) is 0 Å². The summed E-state index contributed by atoms with van der Waals surface area (Å²) in [6.45, 7) is 8.10. The molecule has 0 saturated carbocycles. The maximum Gasteiger partial charge on any atom is 0.225 e. The quantitative estimate of drug-likeness (QED) is 0.761. The third-order valence-corrected chi connectivity index (χ3v) is 3.00. The number of anilines is 2. The van der Waals surface area contributed by atoms with Crippen LogP contribution in [0.5, 0.6) is 0 Å². The van der Waals surface area contributed by atoms with Crippen molar-refractivity contribution in [1.82, 2.24) is 4.90 Å². The molecule has 0 unspecified atom stereocenters. The Morgan fingerprint density at radius 1 is 1.39 bits per heavy atom. The minimum Gasteiger partial charge on any atom is -0.397 e. The fourth-order valence-corrected chi connectivity index (χ4v) is 1.85. The van der Waals surface area contributed by atoms with Crippen molar-refractivity contribution < 1.29 is 4.79 Å². The lowest BCUT2D eigenvalue weighted by Gasteiger charge is -2.24. The van der Waals surface area contributed by atoms with Crippen molar-refractivity contribution in [1.29, 1.82) is 0 Å². The molecule has 18 heavy (non-hydrogen) atoms. The summed E-state index contributed by atoms with van der Waals surface area (Å²) in [6.07, 6.45) is 0.486. The molecule has 1 aromatic rings. The van der Waals surface area contributed by atoms with Gasteiger partial charge in [-0.2, -0.15) is 0 Å². The molecule has 0 aliphatic heterocycles. The van der Waals surface area contributed by atoms with Crippen LogP contribution in [0.3, 0.4) is 0 Å². The van der Waals surface area contributed by atoms with Gasteiger partial charge in [-0.3, -0.25) is 4.79 Å². The van der Waals surface area contributed by atoms with Gasteiger partial charge in [0.25, 0.3) is 0 Å². The zero-order valence-corrected chi connectivity index (χ0v) is 11.4. The van der Waals surface area contributed by atoms with Gasteiger partial charge in [0.15, 0.2) is 0 Å². The van der Waals surface area contributed by atoms with Crippen molar-refractivity contribution in [3.05, 3.63) is 24.3 Å². The van der Waals surface area contributed by atoms with Crippen LogP contribution in [0, 0.1) is 0 Å². The van der Waals surface area contributed by atoms with E-state index in [1.807, 2.05) is 18.2 Å². The molecule has 4 heteroatoms. The Morgan fingerprint density at radius 3 is 2.61 bits per heavy atom. The molecule has 1 rings (SSSR count). The van der Waals surface area contributed by atoms with Gasteiger partial charge in [-0.05, 0) is 32.5 Å². The lowest BCUT2D eigenvalue weighted by molar-refractivity contribution is -0.116. The molecule has 0 saturated heterocycles. The van der Waals surface area contributed by atoms with E-state index >= 15 is 0 Å². The Balaban J connectivity index is 2.45. The van der Waals surface area contributed by atoms with Gasteiger partial charge in [0.1, 0.15) is 0 Å². The number of nitrogens with zero attached hydrogens (tertiary/aromatic N) is 1. The monoisotopic (exact) mass is 249 g/mol. The van der Waals surface area contributed by atoms with Crippen molar-refractivity contribution in [2.75, 3.05) is 24.1 Å². The minimum absolute atomic E-state index is 0.00648. The number of hydrogen-bond donors (Lipinski definition) is 2. The number of rotatable bonds is 6. The highest BCUT2D eigenvalue weighted by molar-refractivity contribution is 5.93. The topological polar surface area (TPSA) is 58.4 Å². The summed E-state index contributed by atoms with van der Waals surface area (Å²) < 4.78 is 0. The van der Waals surface area contributed by atoms with Gasteiger partial charge >= 0.3 is 0 Å². The minimum atomic E-state index is 0.00648. The van der Waals surface area contributed by atoms with E-state index in [2.05, 4.69) is 31.0 Å². The third kappa shape index (κ3) is 4.37. The molecule has 100 valence electrons. The van der Waals surface area contributed by atoms with Crippen LogP contribution in [0.4, 0.5) is 11.4 Å². The van der Waals surface area contributed by atoms with Crippen LogP contribution in [0.25, 0.3) is 0 Å². The fourth-order valence-electron chi connectivity index (χ4n) is 1.85. The largest absolute Gasteiger partial charge is 0.397 e. The predicted molar refractivity (Wildman–Crippen MR) is 76.5 cm³/mol. The van der Waals surface area contributed by atoms with Gasteiger partial charge in [-0.15, -0.1) is 0 Å². The first-order valence-corrected chi connectivity index (χ1v) is 6.43. The maximum atomic E-state index is 11.8. The second kappa shape index (κ2) is 7.01. The summed E-state index contributed by atoms with van der Waals surface area (Å²) in [6, 6.07) is 7.76. The number of hydrogen-bond acceptors (Lipinski definition) is 3. The van der Waals surface area contributed by atoms with Crippen LogP contribution in [0.15, 0.2) is 24.3 Å². The van der Waals surface area contributed by atoms with E-state index in [0.717, 1.165) is 13.1 Å². The standard InChI is InChI=1S/C14H23N3O/c1-4-17(11(2)3)10-9-14(18)16-13-8-6-5-7-12(13)15/h5-8,11H,4,9-10,15H2,1-3H3,(H,16,18). The summed E-state index contributed by atoms with van der Waals surface area (Å²) >= 11 is 0.